The summed E-state index contributed by atoms with van der Waals surface area (Å²) in [4.78, 5) is 31.9. The summed E-state index contributed by atoms with van der Waals surface area (Å²) >= 11 is 1.50. The molecule has 33 heavy (non-hydrogen) atoms. The largest absolute Gasteiger partial charge is 0.341 e. The quantitative estimate of drug-likeness (QED) is 0.431. The van der Waals surface area contributed by atoms with Crippen LogP contribution in [0.1, 0.15) is 48.6 Å². The van der Waals surface area contributed by atoms with Crippen molar-refractivity contribution in [3.63, 3.8) is 0 Å². The highest BCUT2D eigenvalue weighted by Gasteiger charge is 2.36. The second-order valence-corrected chi connectivity index (χ2v) is 9.59. The van der Waals surface area contributed by atoms with Gasteiger partial charge in [0.15, 0.2) is 0 Å². The summed E-state index contributed by atoms with van der Waals surface area (Å²) in [5.41, 5.74) is 1.10. The van der Waals surface area contributed by atoms with Crippen LogP contribution in [0.15, 0.2) is 72.1 Å². The first kappa shape index (κ1) is 23.2. The van der Waals surface area contributed by atoms with Crippen molar-refractivity contribution in [1.82, 2.24) is 4.90 Å². The Hall–Kier alpha value is -2.99. The molecule has 2 amide bonds. The van der Waals surface area contributed by atoms with Crippen LogP contribution in [0.2, 0.25) is 0 Å². The normalized spacial score (nSPS) is 15.1. The van der Waals surface area contributed by atoms with Crippen LogP contribution in [0, 0.1) is 5.82 Å². The van der Waals surface area contributed by atoms with Gasteiger partial charge in [-0.3, -0.25) is 14.5 Å². The molecule has 1 heterocycles. The van der Waals surface area contributed by atoms with Crippen LogP contribution < -0.4 is 4.90 Å². The van der Waals surface area contributed by atoms with Crippen LogP contribution in [-0.4, -0.2) is 29.8 Å². The molecule has 1 aliphatic carbocycles. The lowest BCUT2D eigenvalue weighted by Crippen LogP contribution is -2.48. The van der Waals surface area contributed by atoms with Gasteiger partial charge >= 0.3 is 0 Å². The van der Waals surface area contributed by atoms with Crippen LogP contribution in [-0.2, 0) is 16.0 Å². The van der Waals surface area contributed by atoms with E-state index in [4.69, 9.17) is 0 Å². The van der Waals surface area contributed by atoms with E-state index in [1.54, 1.807) is 12.1 Å². The van der Waals surface area contributed by atoms with Crippen LogP contribution in [0.5, 0.6) is 0 Å². The summed E-state index contributed by atoms with van der Waals surface area (Å²) in [5.74, 6) is -0.819. The van der Waals surface area contributed by atoms with Gasteiger partial charge in [0.25, 0.3) is 0 Å². The Morgan fingerprint density at radius 1 is 1.00 bits per heavy atom. The minimum absolute atomic E-state index is 0.142. The third-order valence-corrected chi connectivity index (χ3v) is 7.21. The Morgan fingerprint density at radius 3 is 2.42 bits per heavy atom. The monoisotopic (exact) mass is 464 g/mol. The molecule has 172 valence electrons. The molecular formula is C27H29FN2O2S. The number of rotatable bonds is 7. The highest BCUT2D eigenvalue weighted by molar-refractivity contribution is 7.10. The smallest absolute Gasteiger partial charge is 0.250 e. The maximum atomic E-state index is 14.3. The maximum Gasteiger partial charge on any atom is 0.250 e. The van der Waals surface area contributed by atoms with E-state index < -0.39 is 11.9 Å². The predicted molar refractivity (Wildman–Crippen MR) is 131 cm³/mol. The van der Waals surface area contributed by atoms with Crippen molar-refractivity contribution < 1.29 is 14.0 Å². The number of carbonyl (C=O) groups excluding carboxylic acids is 2. The first-order valence-corrected chi connectivity index (χ1v) is 12.3. The minimum Gasteiger partial charge on any atom is -0.341 e. The molecule has 0 aliphatic heterocycles. The number of hydrogen-bond acceptors (Lipinski definition) is 3. The van der Waals surface area contributed by atoms with Crippen molar-refractivity contribution in [2.24, 2.45) is 0 Å². The number of nitrogens with zero attached hydrogens (tertiary/aromatic N) is 2. The molecule has 3 aromatic rings. The Balaban J connectivity index is 1.76. The van der Waals surface area contributed by atoms with Gasteiger partial charge in [-0.25, -0.2) is 4.39 Å². The predicted octanol–water partition coefficient (Wildman–Crippen LogP) is 6.00. The number of carbonyl (C=O) groups is 2. The molecule has 0 radical (unpaired) electrons. The Kier molecular flexibility index (Phi) is 7.55. The lowest BCUT2D eigenvalue weighted by molar-refractivity contribution is -0.136. The average molecular weight is 465 g/mol. The zero-order valence-electron chi connectivity index (χ0n) is 18.8. The topological polar surface area (TPSA) is 40.6 Å². The molecule has 6 heteroatoms. The second kappa shape index (κ2) is 10.8. The van der Waals surface area contributed by atoms with E-state index in [1.807, 2.05) is 59.8 Å². The summed E-state index contributed by atoms with van der Waals surface area (Å²) in [6.45, 7) is 0. The number of benzene rings is 2. The molecule has 4 nitrogen and oxygen atoms in total. The number of halogens is 1. The van der Waals surface area contributed by atoms with Crippen molar-refractivity contribution in [3.05, 3.63) is 88.4 Å². The van der Waals surface area contributed by atoms with Crippen molar-refractivity contribution in [2.45, 2.75) is 50.6 Å². The zero-order valence-corrected chi connectivity index (χ0v) is 19.6. The van der Waals surface area contributed by atoms with Gasteiger partial charge in [0, 0.05) is 23.7 Å². The second-order valence-electron chi connectivity index (χ2n) is 8.55. The Labute approximate surface area is 198 Å². The Morgan fingerprint density at radius 2 is 1.76 bits per heavy atom. The van der Waals surface area contributed by atoms with E-state index in [1.165, 1.54) is 34.8 Å². The van der Waals surface area contributed by atoms with Crippen LogP contribution in [0.4, 0.5) is 10.1 Å². The highest BCUT2D eigenvalue weighted by atomic mass is 32.1. The van der Waals surface area contributed by atoms with E-state index in [-0.39, 0.29) is 24.3 Å². The average Bonchev–Trinajstić information content (AvgIpc) is 3.35. The van der Waals surface area contributed by atoms with E-state index in [0.717, 1.165) is 30.6 Å². The SMILES string of the molecule is CN(C(=O)C(c1ccccc1)N(C(=O)Cc1cccs1)c1cccc(F)c1)C1CCCCC1. The summed E-state index contributed by atoms with van der Waals surface area (Å²) in [5, 5.41) is 1.92. The van der Waals surface area contributed by atoms with Crippen molar-refractivity contribution in [3.8, 4) is 0 Å². The molecule has 0 spiro atoms. The zero-order chi connectivity index (χ0) is 23.2. The van der Waals surface area contributed by atoms with Gasteiger partial charge in [-0.1, -0.05) is 61.7 Å². The summed E-state index contributed by atoms with van der Waals surface area (Å²) in [6.07, 6.45) is 5.47. The molecule has 0 bridgehead atoms. The maximum absolute atomic E-state index is 14.3. The van der Waals surface area contributed by atoms with Gasteiger partial charge in [-0.2, -0.15) is 0 Å². The molecule has 1 saturated carbocycles. The van der Waals surface area contributed by atoms with Crippen molar-refractivity contribution >= 4 is 28.8 Å². The first-order valence-electron chi connectivity index (χ1n) is 11.5. The van der Waals surface area contributed by atoms with E-state index >= 15 is 0 Å². The van der Waals surface area contributed by atoms with Crippen LogP contribution in [0.3, 0.4) is 0 Å². The van der Waals surface area contributed by atoms with Gasteiger partial charge in [0.1, 0.15) is 11.9 Å². The number of amides is 2. The van der Waals surface area contributed by atoms with E-state index in [0.29, 0.717) is 11.3 Å². The molecule has 1 fully saturated rings. The molecule has 1 aromatic heterocycles. The number of hydrogen-bond donors (Lipinski definition) is 0. The fraction of sp³-hybridized carbons (Fsp3) is 0.333. The number of likely N-dealkylation sites (N-methyl/N-ethyl adjacent to an activating group) is 1. The lowest BCUT2D eigenvalue weighted by Gasteiger charge is -2.38. The lowest BCUT2D eigenvalue weighted by atomic mass is 9.93. The van der Waals surface area contributed by atoms with Crippen LogP contribution >= 0.6 is 11.3 Å². The summed E-state index contributed by atoms with van der Waals surface area (Å²) in [7, 11) is 1.84. The summed E-state index contributed by atoms with van der Waals surface area (Å²) in [6, 6.07) is 18.4. The number of anilines is 1. The van der Waals surface area contributed by atoms with Gasteiger partial charge in [0.2, 0.25) is 11.8 Å². The Bertz CT molecular complexity index is 1060. The van der Waals surface area contributed by atoms with Crippen molar-refractivity contribution in [2.75, 3.05) is 11.9 Å². The fourth-order valence-corrected chi connectivity index (χ4v) is 5.28. The molecule has 1 unspecified atom stereocenters. The van der Waals surface area contributed by atoms with Gasteiger partial charge in [-0.15, -0.1) is 11.3 Å². The van der Waals surface area contributed by atoms with Crippen LogP contribution in [0.25, 0.3) is 0 Å². The van der Waals surface area contributed by atoms with E-state index in [2.05, 4.69) is 0 Å². The number of thiophene rings is 1. The minimum atomic E-state index is -0.868. The molecular weight excluding hydrogens is 435 g/mol. The standard InChI is InChI=1S/C27H29FN2O2S/c1-29(22-13-6-3-7-14-22)27(32)26(20-10-4-2-5-11-20)30(23-15-8-12-21(28)18-23)25(31)19-24-16-9-17-33-24/h2,4-5,8-12,15-18,22,26H,3,6-7,13-14,19H2,1H3. The molecule has 0 saturated heterocycles. The van der Waals surface area contributed by atoms with E-state index in [9.17, 15) is 14.0 Å². The van der Waals surface area contributed by atoms with Crippen molar-refractivity contribution in [1.29, 1.82) is 0 Å². The summed E-state index contributed by atoms with van der Waals surface area (Å²) < 4.78 is 14.3. The fourth-order valence-electron chi connectivity index (χ4n) is 4.59. The van der Waals surface area contributed by atoms with Gasteiger partial charge < -0.3 is 4.90 Å². The van der Waals surface area contributed by atoms with Gasteiger partial charge in [0.05, 0.1) is 6.42 Å². The molecule has 0 N–H and O–H groups in total. The van der Waals surface area contributed by atoms with Gasteiger partial charge in [-0.05, 0) is 48.1 Å². The third kappa shape index (κ3) is 5.50. The molecule has 2 aromatic carbocycles. The third-order valence-electron chi connectivity index (χ3n) is 6.34. The first-order chi connectivity index (χ1) is 16.0. The highest BCUT2D eigenvalue weighted by Crippen LogP contribution is 2.33. The molecule has 1 aliphatic rings. The molecule has 1 atom stereocenters. The molecule has 4 rings (SSSR count).